The van der Waals surface area contributed by atoms with Crippen LogP contribution < -0.4 is 10.1 Å². The summed E-state index contributed by atoms with van der Waals surface area (Å²) in [6, 6.07) is 6.41. The minimum atomic E-state index is -0.390. The Hall–Kier alpha value is -0.810. The molecule has 0 radical (unpaired) electrons. The second-order valence-corrected chi connectivity index (χ2v) is 7.28. The van der Waals surface area contributed by atoms with E-state index in [4.69, 9.17) is 17.0 Å². The van der Waals surface area contributed by atoms with Crippen LogP contribution in [0.1, 0.15) is 45.2 Å². The molecule has 0 aliphatic carbocycles. The monoisotopic (exact) mass is 368 g/mol. The average molecular weight is 369 g/mol. The Kier molecular flexibility index (Phi) is 3.91. The molecule has 1 aromatic carbocycles. The van der Waals surface area contributed by atoms with Gasteiger partial charge < -0.3 is 15.0 Å². The Balaban J connectivity index is 2.05. The standard InChI is InChI=1S/C16H21BrN2OS/c1-4-5-9-19-15(21)18-13-10(2)16(19,3)20-14-11(13)7-6-8-12(14)17/h6-8,10,13H,4-5,9H2,1-3H3,(H,18,21). The maximum Gasteiger partial charge on any atom is 0.186 e. The first-order valence-electron chi connectivity index (χ1n) is 7.54. The molecular weight excluding hydrogens is 348 g/mol. The average Bonchev–Trinajstić information content (AvgIpc) is 2.44. The molecule has 1 aromatic rings. The molecule has 3 rings (SSSR count). The number of rotatable bonds is 3. The van der Waals surface area contributed by atoms with E-state index in [0.29, 0.717) is 5.92 Å². The number of hydrogen-bond acceptors (Lipinski definition) is 2. The van der Waals surface area contributed by atoms with E-state index in [1.807, 2.05) is 6.07 Å². The van der Waals surface area contributed by atoms with Gasteiger partial charge in [-0.3, -0.25) is 0 Å². The maximum atomic E-state index is 6.46. The van der Waals surface area contributed by atoms with Gasteiger partial charge in [-0.25, -0.2) is 0 Å². The molecule has 0 spiro atoms. The van der Waals surface area contributed by atoms with Gasteiger partial charge in [0.25, 0.3) is 0 Å². The lowest BCUT2D eigenvalue weighted by Crippen LogP contribution is -2.69. The molecule has 1 N–H and O–H groups in total. The number of halogens is 1. The molecule has 3 nitrogen and oxygen atoms in total. The van der Waals surface area contributed by atoms with E-state index in [-0.39, 0.29) is 11.8 Å². The van der Waals surface area contributed by atoms with Gasteiger partial charge in [0.15, 0.2) is 10.8 Å². The summed E-state index contributed by atoms with van der Waals surface area (Å²) >= 11 is 9.22. The van der Waals surface area contributed by atoms with Crippen LogP contribution in [0.2, 0.25) is 0 Å². The Morgan fingerprint density at radius 3 is 2.95 bits per heavy atom. The minimum absolute atomic E-state index is 0.210. The fourth-order valence-electron chi connectivity index (χ4n) is 3.31. The highest BCUT2D eigenvalue weighted by molar-refractivity contribution is 9.10. The molecule has 0 amide bonds. The van der Waals surface area contributed by atoms with Crippen molar-refractivity contribution in [2.45, 2.75) is 45.4 Å². The zero-order valence-corrected chi connectivity index (χ0v) is 15.1. The molecule has 2 aliphatic rings. The highest BCUT2D eigenvalue weighted by Gasteiger charge is 2.53. The molecule has 0 saturated carbocycles. The van der Waals surface area contributed by atoms with Crippen LogP contribution in [0.3, 0.4) is 0 Å². The number of benzene rings is 1. The summed E-state index contributed by atoms with van der Waals surface area (Å²) in [6.45, 7) is 7.52. The van der Waals surface area contributed by atoms with Crippen molar-refractivity contribution < 1.29 is 4.74 Å². The number of fused-ring (bicyclic) bond motifs is 4. The topological polar surface area (TPSA) is 24.5 Å². The number of unbranched alkanes of at least 4 members (excludes halogenated alkanes) is 1. The van der Waals surface area contributed by atoms with Gasteiger partial charge in [0.05, 0.1) is 10.5 Å². The Morgan fingerprint density at radius 2 is 2.24 bits per heavy atom. The molecule has 21 heavy (non-hydrogen) atoms. The van der Waals surface area contributed by atoms with Crippen molar-refractivity contribution >= 4 is 33.3 Å². The van der Waals surface area contributed by atoms with Crippen molar-refractivity contribution in [1.29, 1.82) is 0 Å². The maximum absolute atomic E-state index is 6.46. The minimum Gasteiger partial charge on any atom is -0.466 e. The molecule has 2 heterocycles. The van der Waals surface area contributed by atoms with Crippen molar-refractivity contribution in [3.8, 4) is 5.75 Å². The smallest absolute Gasteiger partial charge is 0.186 e. The predicted molar refractivity (Wildman–Crippen MR) is 92.4 cm³/mol. The van der Waals surface area contributed by atoms with Crippen molar-refractivity contribution in [3.63, 3.8) is 0 Å². The number of nitrogens with zero attached hydrogens (tertiary/aromatic N) is 1. The molecule has 5 heteroatoms. The third-order valence-corrected chi connectivity index (χ3v) is 5.74. The number of hydrogen-bond donors (Lipinski definition) is 1. The van der Waals surface area contributed by atoms with Crippen LogP contribution in [0.5, 0.6) is 5.75 Å². The molecule has 1 saturated heterocycles. The summed E-state index contributed by atoms with van der Waals surface area (Å²) in [5.41, 5.74) is 0.797. The van der Waals surface area contributed by atoms with Crippen LogP contribution in [0.4, 0.5) is 0 Å². The lowest BCUT2D eigenvalue weighted by molar-refractivity contribution is -0.111. The SMILES string of the molecule is CCCCN1C(=S)NC2c3cccc(Br)c3OC1(C)C2C. The van der Waals surface area contributed by atoms with Gasteiger partial charge in [-0.15, -0.1) is 0 Å². The predicted octanol–water partition coefficient (Wildman–Crippen LogP) is 4.23. The van der Waals surface area contributed by atoms with Crippen LogP contribution in [0.15, 0.2) is 22.7 Å². The fraction of sp³-hybridized carbons (Fsp3) is 0.562. The van der Waals surface area contributed by atoms with Crippen LogP contribution >= 0.6 is 28.1 Å². The third-order valence-electron chi connectivity index (χ3n) is 4.78. The summed E-state index contributed by atoms with van der Waals surface area (Å²) in [5.74, 6) is 1.27. The lowest BCUT2D eigenvalue weighted by atomic mass is 9.81. The van der Waals surface area contributed by atoms with Gasteiger partial charge in [0.2, 0.25) is 0 Å². The van der Waals surface area contributed by atoms with E-state index < -0.39 is 0 Å². The van der Waals surface area contributed by atoms with E-state index in [9.17, 15) is 0 Å². The Morgan fingerprint density at radius 1 is 1.48 bits per heavy atom. The third kappa shape index (κ3) is 2.25. The summed E-state index contributed by atoms with van der Waals surface area (Å²) in [4.78, 5) is 2.22. The first-order chi connectivity index (χ1) is 9.99. The van der Waals surface area contributed by atoms with E-state index in [1.165, 1.54) is 5.56 Å². The number of ether oxygens (including phenoxy) is 1. The zero-order valence-electron chi connectivity index (χ0n) is 12.6. The summed E-state index contributed by atoms with van der Waals surface area (Å²) in [6.07, 6.45) is 2.26. The van der Waals surface area contributed by atoms with Crippen LogP contribution in [-0.2, 0) is 0 Å². The van der Waals surface area contributed by atoms with Gasteiger partial charge in [-0.1, -0.05) is 32.4 Å². The quantitative estimate of drug-likeness (QED) is 0.807. The number of para-hydroxylation sites is 1. The highest BCUT2D eigenvalue weighted by atomic mass is 79.9. The van der Waals surface area contributed by atoms with E-state index in [2.05, 4.69) is 59.1 Å². The largest absolute Gasteiger partial charge is 0.466 e. The van der Waals surface area contributed by atoms with E-state index >= 15 is 0 Å². The van der Waals surface area contributed by atoms with Gasteiger partial charge in [0, 0.05) is 18.0 Å². The summed E-state index contributed by atoms with van der Waals surface area (Å²) in [5, 5.41) is 4.33. The van der Waals surface area contributed by atoms with Crippen LogP contribution in [-0.4, -0.2) is 22.3 Å². The molecule has 114 valence electrons. The normalized spacial score (nSPS) is 30.5. The Labute approximate surface area is 140 Å². The number of nitrogens with one attached hydrogen (secondary N) is 1. The van der Waals surface area contributed by atoms with Gasteiger partial charge in [-0.2, -0.15) is 0 Å². The summed E-state index contributed by atoms with van der Waals surface area (Å²) < 4.78 is 7.47. The highest BCUT2D eigenvalue weighted by Crippen LogP contribution is 2.50. The summed E-state index contributed by atoms with van der Waals surface area (Å²) in [7, 11) is 0. The van der Waals surface area contributed by atoms with Crippen molar-refractivity contribution in [2.75, 3.05) is 6.54 Å². The molecular formula is C16H21BrN2OS. The van der Waals surface area contributed by atoms with Gasteiger partial charge in [0.1, 0.15) is 5.75 Å². The van der Waals surface area contributed by atoms with E-state index in [1.54, 1.807) is 0 Å². The first kappa shape index (κ1) is 15.1. The molecule has 3 unspecified atom stereocenters. The lowest BCUT2D eigenvalue weighted by Gasteiger charge is -2.56. The molecule has 2 bridgehead atoms. The molecule has 1 fully saturated rings. The van der Waals surface area contributed by atoms with Crippen LogP contribution in [0, 0.1) is 5.92 Å². The fourth-order valence-corrected chi connectivity index (χ4v) is 4.17. The second-order valence-electron chi connectivity index (χ2n) is 6.04. The van der Waals surface area contributed by atoms with E-state index in [0.717, 1.165) is 34.7 Å². The zero-order chi connectivity index (χ0) is 15.2. The molecule has 0 aromatic heterocycles. The number of thiocarbonyl (C=S) groups is 1. The Bertz CT molecular complexity index is 579. The van der Waals surface area contributed by atoms with Gasteiger partial charge >= 0.3 is 0 Å². The van der Waals surface area contributed by atoms with Crippen molar-refractivity contribution in [2.24, 2.45) is 5.92 Å². The van der Waals surface area contributed by atoms with Crippen LogP contribution in [0.25, 0.3) is 0 Å². The van der Waals surface area contributed by atoms with Crippen molar-refractivity contribution in [1.82, 2.24) is 10.2 Å². The second kappa shape index (κ2) is 5.43. The van der Waals surface area contributed by atoms with Crippen molar-refractivity contribution in [3.05, 3.63) is 28.2 Å². The first-order valence-corrected chi connectivity index (χ1v) is 8.74. The molecule has 2 aliphatic heterocycles. The van der Waals surface area contributed by atoms with Gasteiger partial charge in [-0.05, 0) is 47.6 Å². The molecule has 3 atom stereocenters.